The largest absolute Gasteiger partial charge is 0.462 e. The Balaban J connectivity index is 4.42. The summed E-state index contributed by atoms with van der Waals surface area (Å²) < 4.78 is 16.8. The van der Waals surface area contributed by atoms with Crippen LogP contribution in [0.2, 0.25) is 0 Å². The van der Waals surface area contributed by atoms with Crippen molar-refractivity contribution in [1.29, 1.82) is 0 Å². The lowest BCUT2D eigenvalue weighted by Gasteiger charge is -2.18. The molecule has 66 heavy (non-hydrogen) atoms. The van der Waals surface area contributed by atoms with Gasteiger partial charge in [-0.15, -0.1) is 0 Å². The van der Waals surface area contributed by atoms with E-state index in [-0.39, 0.29) is 37.5 Å². The van der Waals surface area contributed by atoms with Crippen molar-refractivity contribution in [2.24, 2.45) is 0 Å². The van der Waals surface area contributed by atoms with Gasteiger partial charge < -0.3 is 14.2 Å². The van der Waals surface area contributed by atoms with Crippen molar-refractivity contribution in [3.63, 3.8) is 0 Å². The zero-order valence-corrected chi connectivity index (χ0v) is 43.4. The van der Waals surface area contributed by atoms with Crippen molar-refractivity contribution in [3.05, 3.63) is 72.9 Å². The fourth-order valence-corrected chi connectivity index (χ4v) is 7.77. The molecule has 0 radical (unpaired) electrons. The minimum atomic E-state index is -0.806. The molecule has 380 valence electrons. The van der Waals surface area contributed by atoms with Crippen LogP contribution in [0.3, 0.4) is 0 Å². The zero-order valence-electron chi connectivity index (χ0n) is 43.4. The summed E-state index contributed by atoms with van der Waals surface area (Å²) in [6.07, 6.45) is 69.0. The Labute approximate surface area is 408 Å². The Morgan fingerprint density at radius 2 is 0.606 bits per heavy atom. The van der Waals surface area contributed by atoms with Gasteiger partial charge in [-0.1, -0.05) is 241 Å². The molecule has 0 aliphatic heterocycles. The Morgan fingerprint density at radius 1 is 0.318 bits per heavy atom. The summed E-state index contributed by atoms with van der Waals surface area (Å²) in [5, 5.41) is 0. The van der Waals surface area contributed by atoms with E-state index in [2.05, 4.69) is 93.7 Å². The molecule has 1 atom stereocenters. The highest BCUT2D eigenvalue weighted by Gasteiger charge is 2.19. The predicted octanol–water partition coefficient (Wildman–Crippen LogP) is 18.6. The molecule has 0 unspecified atom stereocenters. The van der Waals surface area contributed by atoms with Crippen LogP contribution in [0.1, 0.15) is 271 Å². The van der Waals surface area contributed by atoms with Crippen LogP contribution in [0.4, 0.5) is 0 Å². The molecule has 0 bridgehead atoms. The third-order valence-corrected chi connectivity index (χ3v) is 11.9. The van der Waals surface area contributed by atoms with Crippen LogP contribution in [0.15, 0.2) is 72.9 Å². The predicted molar refractivity (Wildman–Crippen MR) is 284 cm³/mol. The molecule has 0 aromatic rings. The zero-order chi connectivity index (χ0) is 47.9. The molecule has 0 saturated heterocycles. The number of ether oxygens (including phenoxy) is 3. The Kier molecular flexibility index (Phi) is 51.9. The fraction of sp³-hybridized carbons (Fsp3) is 0.750. The van der Waals surface area contributed by atoms with Crippen molar-refractivity contribution in [2.45, 2.75) is 277 Å². The minimum absolute atomic E-state index is 0.0984. The van der Waals surface area contributed by atoms with Gasteiger partial charge in [-0.05, 0) is 83.5 Å². The SMILES string of the molecule is CC/C=C\C/C=C\C/C=C\C/C=C\C/C=C\CCCC(=O)O[C@H](COC(=O)CCCCCCC/C=C\CCCCC)COC(=O)CCCCCCCCCCCCCCCCCCCCC. The third-order valence-electron chi connectivity index (χ3n) is 11.9. The molecule has 0 rings (SSSR count). The van der Waals surface area contributed by atoms with E-state index in [4.69, 9.17) is 14.2 Å². The fourth-order valence-electron chi connectivity index (χ4n) is 7.77. The number of rotatable bonds is 50. The number of allylic oxidation sites excluding steroid dienone is 12. The average molecular weight is 921 g/mol. The van der Waals surface area contributed by atoms with Gasteiger partial charge in [0.05, 0.1) is 0 Å². The van der Waals surface area contributed by atoms with Crippen molar-refractivity contribution < 1.29 is 28.6 Å². The highest BCUT2D eigenvalue weighted by molar-refractivity contribution is 5.71. The molecule has 0 aromatic carbocycles. The normalized spacial score (nSPS) is 12.6. The summed E-state index contributed by atoms with van der Waals surface area (Å²) >= 11 is 0. The molecule has 0 amide bonds. The van der Waals surface area contributed by atoms with Gasteiger partial charge in [-0.2, -0.15) is 0 Å². The van der Waals surface area contributed by atoms with Crippen molar-refractivity contribution >= 4 is 17.9 Å². The first kappa shape index (κ1) is 62.8. The summed E-state index contributed by atoms with van der Waals surface area (Å²) in [6.45, 7) is 6.47. The molecule has 0 spiro atoms. The van der Waals surface area contributed by atoms with Crippen molar-refractivity contribution in [2.75, 3.05) is 13.2 Å². The summed E-state index contributed by atoms with van der Waals surface area (Å²) in [6, 6.07) is 0. The van der Waals surface area contributed by atoms with Gasteiger partial charge in [0.25, 0.3) is 0 Å². The summed E-state index contributed by atoms with van der Waals surface area (Å²) in [5.74, 6) is -0.960. The summed E-state index contributed by atoms with van der Waals surface area (Å²) in [5.41, 5.74) is 0. The molecular weight excluding hydrogens is 817 g/mol. The van der Waals surface area contributed by atoms with E-state index >= 15 is 0 Å². The average Bonchev–Trinajstić information content (AvgIpc) is 3.31. The lowest BCUT2D eigenvalue weighted by Crippen LogP contribution is -2.30. The van der Waals surface area contributed by atoms with Crippen molar-refractivity contribution in [3.8, 4) is 0 Å². The number of unbranched alkanes of at least 4 members (excludes halogenated alkanes) is 27. The van der Waals surface area contributed by atoms with E-state index in [1.807, 2.05) is 0 Å². The third kappa shape index (κ3) is 51.8. The van der Waals surface area contributed by atoms with Crippen LogP contribution in [-0.2, 0) is 28.6 Å². The van der Waals surface area contributed by atoms with E-state index in [1.165, 1.54) is 141 Å². The van der Waals surface area contributed by atoms with Crippen LogP contribution in [0.5, 0.6) is 0 Å². The standard InChI is InChI=1S/C60H104O6/c1-4-7-10-13-16-19-22-25-27-29-30-32-33-35-38-41-44-47-50-53-59(62)65-56-57(55-64-58(61)52-49-46-43-40-37-24-21-18-15-12-9-6-3)66-60(63)54-51-48-45-42-39-36-34-31-28-26-23-20-17-14-11-8-5-2/h8,11,17-18,20-21,26,28,34,36,42,45,57H,4-7,9-10,12-16,19,22-25,27,29-33,35,37-41,43-44,46-56H2,1-3H3/b11-8-,20-17-,21-18-,28-26-,36-34-,45-42-/t57-/m1/s1. The smallest absolute Gasteiger partial charge is 0.306 e. The first-order valence-corrected chi connectivity index (χ1v) is 27.9. The van der Waals surface area contributed by atoms with Gasteiger partial charge in [0, 0.05) is 19.3 Å². The lowest BCUT2D eigenvalue weighted by atomic mass is 10.0. The molecule has 0 saturated carbocycles. The first-order valence-electron chi connectivity index (χ1n) is 27.9. The van der Waals surface area contributed by atoms with Crippen LogP contribution in [0, 0.1) is 0 Å². The monoisotopic (exact) mass is 921 g/mol. The van der Waals surface area contributed by atoms with Crippen LogP contribution < -0.4 is 0 Å². The maximum absolute atomic E-state index is 12.8. The van der Waals surface area contributed by atoms with Gasteiger partial charge >= 0.3 is 17.9 Å². The molecule has 0 N–H and O–H groups in total. The van der Waals surface area contributed by atoms with Gasteiger partial charge in [0.2, 0.25) is 0 Å². The molecule has 6 heteroatoms. The molecular formula is C60H104O6. The molecule has 0 aliphatic carbocycles. The Hall–Kier alpha value is -3.15. The molecule has 0 aromatic heterocycles. The first-order chi connectivity index (χ1) is 32.5. The minimum Gasteiger partial charge on any atom is -0.462 e. The summed E-state index contributed by atoms with van der Waals surface area (Å²) in [4.78, 5) is 38.0. The topological polar surface area (TPSA) is 78.9 Å². The maximum atomic E-state index is 12.8. The van der Waals surface area contributed by atoms with Crippen LogP contribution >= 0.6 is 0 Å². The van der Waals surface area contributed by atoms with E-state index in [0.29, 0.717) is 19.3 Å². The lowest BCUT2D eigenvalue weighted by molar-refractivity contribution is -0.167. The van der Waals surface area contributed by atoms with E-state index in [0.717, 1.165) is 83.5 Å². The second kappa shape index (κ2) is 54.5. The molecule has 0 aliphatic rings. The number of carbonyl (C=O) groups is 3. The van der Waals surface area contributed by atoms with E-state index in [1.54, 1.807) is 0 Å². The van der Waals surface area contributed by atoms with Gasteiger partial charge in [0.1, 0.15) is 13.2 Å². The van der Waals surface area contributed by atoms with Crippen LogP contribution in [-0.4, -0.2) is 37.2 Å². The highest BCUT2D eigenvalue weighted by Crippen LogP contribution is 2.16. The molecule has 0 heterocycles. The van der Waals surface area contributed by atoms with E-state index < -0.39 is 6.10 Å². The second-order valence-electron chi connectivity index (χ2n) is 18.5. The molecule has 0 fully saturated rings. The van der Waals surface area contributed by atoms with Gasteiger partial charge in [-0.25, -0.2) is 0 Å². The molecule has 6 nitrogen and oxygen atoms in total. The quantitative estimate of drug-likeness (QED) is 0.0262. The maximum Gasteiger partial charge on any atom is 0.306 e. The Bertz CT molecular complexity index is 1240. The summed E-state index contributed by atoms with van der Waals surface area (Å²) in [7, 11) is 0. The van der Waals surface area contributed by atoms with E-state index in [9.17, 15) is 14.4 Å². The van der Waals surface area contributed by atoms with Crippen LogP contribution in [0.25, 0.3) is 0 Å². The van der Waals surface area contributed by atoms with Crippen molar-refractivity contribution in [1.82, 2.24) is 0 Å². The number of hydrogen-bond acceptors (Lipinski definition) is 6. The van der Waals surface area contributed by atoms with Gasteiger partial charge in [-0.3, -0.25) is 14.4 Å². The number of esters is 3. The highest BCUT2D eigenvalue weighted by atomic mass is 16.6. The number of carbonyl (C=O) groups excluding carboxylic acids is 3. The second-order valence-corrected chi connectivity index (χ2v) is 18.5. The van der Waals surface area contributed by atoms with Gasteiger partial charge in [0.15, 0.2) is 6.10 Å². The Morgan fingerprint density at radius 3 is 1.02 bits per heavy atom. The number of hydrogen-bond donors (Lipinski definition) is 0.